The van der Waals surface area contributed by atoms with E-state index in [9.17, 15) is 9.59 Å². The normalized spacial score (nSPS) is 23.6. The van der Waals surface area contributed by atoms with Crippen LogP contribution in [-0.2, 0) is 9.53 Å². The van der Waals surface area contributed by atoms with Gasteiger partial charge >= 0.3 is 12.0 Å². The zero-order chi connectivity index (χ0) is 15.0. The Bertz CT molecular complexity index is 411. The third kappa shape index (κ3) is 3.87. The van der Waals surface area contributed by atoms with Crippen LogP contribution in [0.4, 0.5) is 4.79 Å². The monoisotopic (exact) mass is 296 g/mol. The minimum absolute atomic E-state index is 0.102. The van der Waals surface area contributed by atoms with Gasteiger partial charge in [-0.1, -0.05) is 0 Å². The highest BCUT2D eigenvalue weighted by atomic mass is 16.5. The summed E-state index contributed by atoms with van der Waals surface area (Å²) in [5.41, 5.74) is -0.501. The highest BCUT2D eigenvalue weighted by molar-refractivity contribution is 5.76. The standard InChI is InChI=1S/C15H24N2O4/c1-15(21-8-13(18)19)9-17(10-15)14(20)16(6-11-2-3-11)7-12-4-5-12/h11-12H,2-10H2,1H3,(H,18,19). The lowest BCUT2D eigenvalue weighted by molar-refractivity contribution is -0.160. The average Bonchev–Trinajstić information content (AvgIpc) is 3.26. The molecule has 3 rings (SSSR count). The van der Waals surface area contributed by atoms with Gasteiger partial charge in [0.15, 0.2) is 0 Å². The van der Waals surface area contributed by atoms with E-state index in [0.29, 0.717) is 24.9 Å². The van der Waals surface area contributed by atoms with E-state index in [2.05, 4.69) is 0 Å². The van der Waals surface area contributed by atoms with Gasteiger partial charge in [-0.15, -0.1) is 0 Å². The molecule has 0 spiro atoms. The zero-order valence-electron chi connectivity index (χ0n) is 12.6. The fourth-order valence-corrected chi connectivity index (χ4v) is 2.88. The number of hydrogen-bond donors (Lipinski definition) is 1. The van der Waals surface area contributed by atoms with Gasteiger partial charge in [0.05, 0.1) is 13.1 Å². The molecule has 1 aliphatic heterocycles. The summed E-state index contributed by atoms with van der Waals surface area (Å²) < 4.78 is 5.36. The smallest absolute Gasteiger partial charge is 0.329 e. The number of likely N-dealkylation sites (tertiary alicyclic amines) is 1. The molecule has 0 aromatic heterocycles. The summed E-state index contributed by atoms with van der Waals surface area (Å²) >= 11 is 0. The van der Waals surface area contributed by atoms with Crippen LogP contribution in [0.3, 0.4) is 0 Å². The van der Waals surface area contributed by atoms with Crippen molar-refractivity contribution in [3.05, 3.63) is 0 Å². The van der Waals surface area contributed by atoms with Gasteiger partial charge in [0.25, 0.3) is 0 Å². The molecular weight excluding hydrogens is 272 g/mol. The maximum absolute atomic E-state index is 12.6. The molecule has 21 heavy (non-hydrogen) atoms. The lowest BCUT2D eigenvalue weighted by Crippen LogP contribution is -2.65. The Hall–Kier alpha value is -1.30. The number of hydrogen-bond acceptors (Lipinski definition) is 3. The van der Waals surface area contributed by atoms with Crippen molar-refractivity contribution in [3.8, 4) is 0 Å². The first kappa shape index (κ1) is 14.6. The number of carbonyl (C=O) groups excluding carboxylic acids is 1. The molecule has 1 saturated heterocycles. The van der Waals surface area contributed by atoms with Crippen molar-refractivity contribution in [2.45, 2.75) is 38.2 Å². The molecule has 6 nitrogen and oxygen atoms in total. The number of aliphatic carboxylic acids is 1. The van der Waals surface area contributed by atoms with Crippen molar-refractivity contribution >= 4 is 12.0 Å². The zero-order valence-corrected chi connectivity index (χ0v) is 12.6. The molecule has 0 radical (unpaired) electrons. The van der Waals surface area contributed by atoms with E-state index in [1.807, 2.05) is 11.8 Å². The number of urea groups is 1. The van der Waals surface area contributed by atoms with E-state index in [1.165, 1.54) is 25.7 Å². The summed E-state index contributed by atoms with van der Waals surface area (Å²) in [6, 6.07) is 0.102. The molecule has 1 heterocycles. The van der Waals surface area contributed by atoms with Crippen LogP contribution in [0.2, 0.25) is 0 Å². The minimum atomic E-state index is -0.968. The second-order valence-electron chi connectivity index (χ2n) is 7.06. The van der Waals surface area contributed by atoms with Gasteiger partial charge in [-0.05, 0) is 44.4 Å². The van der Waals surface area contributed by atoms with Gasteiger partial charge in [-0.3, -0.25) is 0 Å². The highest BCUT2D eigenvalue weighted by Crippen LogP contribution is 2.35. The van der Waals surface area contributed by atoms with E-state index in [-0.39, 0.29) is 12.6 Å². The number of carboxylic acid groups (broad SMARTS) is 1. The molecule has 0 atom stereocenters. The maximum Gasteiger partial charge on any atom is 0.329 e. The topological polar surface area (TPSA) is 70.1 Å². The summed E-state index contributed by atoms with van der Waals surface area (Å²) in [6.07, 6.45) is 4.98. The van der Waals surface area contributed by atoms with E-state index < -0.39 is 11.6 Å². The molecule has 2 amide bonds. The molecule has 3 fully saturated rings. The highest BCUT2D eigenvalue weighted by Gasteiger charge is 2.45. The van der Waals surface area contributed by atoms with Crippen LogP contribution in [0.5, 0.6) is 0 Å². The number of amides is 2. The van der Waals surface area contributed by atoms with Crippen LogP contribution in [-0.4, -0.2) is 65.3 Å². The predicted octanol–water partition coefficient (Wildman–Crippen LogP) is 1.40. The van der Waals surface area contributed by atoms with Crippen molar-refractivity contribution in [3.63, 3.8) is 0 Å². The first-order valence-corrected chi connectivity index (χ1v) is 7.85. The van der Waals surface area contributed by atoms with Crippen molar-refractivity contribution in [2.24, 2.45) is 11.8 Å². The van der Waals surface area contributed by atoms with Gasteiger partial charge in [-0.25, -0.2) is 9.59 Å². The fraction of sp³-hybridized carbons (Fsp3) is 0.867. The Balaban J connectivity index is 1.48. The summed E-state index contributed by atoms with van der Waals surface area (Å²) in [5.74, 6) is 0.428. The Morgan fingerprint density at radius 1 is 1.19 bits per heavy atom. The summed E-state index contributed by atoms with van der Waals surface area (Å²) in [5, 5.41) is 8.66. The van der Waals surface area contributed by atoms with Gasteiger partial charge < -0.3 is 19.6 Å². The van der Waals surface area contributed by atoms with Crippen molar-refractivity contribution in [2.75, 3.05) is 32.8 Å². The number of carboxylic acids is 1. The lowest BCUT2D eigenvalue weighted by atomic mass is 9.97. The van der Waals surface area contributed by atoms with Crippen molar-refractivity contribution in [1.82, 2.24) is 9.80 Å². The van der Waals surface area contributed by atoms with Crippen LogP contribution < -0.4 is 0 Å². The van der Waals surface area contributed by atoms with E-state index in [1.54, 1.807) is 4.90 Å². The average molecular weight is 296 g/mol. The molecule has 1 N–H and O–H groups in total. The first-order valence-electron chi connectivity index (χ1n) is 7.85. The largest absolute Gasteiger partial charge is 0.480 e. The SMILES string of the molecule is CC1(OCC(=O)O)CN(C(=O)N(CC2CC2)CC2CC2)C1. The maximum atomic E-state index is 12.6. The lowest BCUT2D eigenvalue weighted by Gasteiger charge is -2.48. The van der Waals surface area contributed by atoms with Crippen LogP contribution in [0.15, 0.2) is 0 Å². The Morgan fingerprint density at radius 2 is 1.71 bits per heavy atom. The molecule has 3 aliphatic rings. The minimum Gasteiger partial charge on any atom is -0.480 e. The Labute approximate surface area is 125 Å². The summed E-state index contributed by atoms with van der Waals surface area (Å²) in [4.78, 5) is 26.9. The molecule has 2 aliphatic carbocycles. The second-order valence-corrected chi connectivity index (χ2v) is 7.06. The summed E-state index contributed by atoms with van der Waals surface area (Å²) in [7, 11) is 0. The third-order valence-corrected chi connectivity index (χ3v) is 4.49. The third-order valence-electron chi connectivity index (χ3n) is 4.49. The van der Waals surface area contributed by atoms with Crippen LogP contribution in [0, 0.1) is 11.8 Å². The van der Waals surface area contributed by atoms with Crippen LogP contribution in [0.25, 0.3) is 0 Å². The van der Waals surface area contributed by atoms with Crippen molar-refractivity contribution in [1.29, 1.82) is 0 Å². The van der Waals surface area contributed by atoms with E-state index >= 15 is 0 Å². The molecule has 0 unspecified atom stereocenters. The molecular formula is C15H24N2O4. The first-order chi connectivity index (χ1) is 9.95. The Morgan fingerprint density at radius 3 is 2.14 bits per heavy atom. The fourth-order valence-electron chi connectivity index (χ4n) is 2.88. The number of nitrogens with zero attached hydrogens (tertiary/aromatic N) is 2. The summed E-state index contributed by atoms with van der Waals surface area (Å²) in [6.45, 7) is 4.32. The van der Waals surface area contributed by atoms with E-state index in [4.69, 9.17) is 9.84 Å². The second kappa shape index (κ2) is 5.48. The van der Waals surface area contributed by atoms with Gasteiger partial charge in [0.1, 0.15) is 12.2 Å². The molecule has 118 valence electrons. The van der Waals surface area contributed by atoms with Crippen LogP contribution >= 0.6 is 0 Å². The van der Waals surface area contributed by atoms with Crippen LogP contribution in [0.1, 0.15) is 32.6 Å². The molecule has 0 aromatic rings. The van der Waals surface area contributed by atoms with E-state index in [0.717, 1.165) is 13.1 Å². The number of carbonyl (C=O) groups is 2. The molecule has 2 saturated carbocycles. The Kier molecular flexibility index (Phi) is 3.82. The van der Waals surface area contributed by atoms with Gasteiger partial charge in [0.2, 0.25) is 0 Å². The van der Waals surface area contributed by atoms with Gasteiger partial charge in [0, 0.05) is 13.1 Å². The number of rotatable bonds is 7. The number of ether oxygens (including phenoxy) is 1. The predicted molar refractivity (Wildman–Crippen MR) is 76.0 cm³/mol. The molecule has 6 heteroatoms. The quantitative estimate of drug-likeness (QED) is 0.771. The molecule has 0 aromatic carbocycles. The van der Waals surface area contributed by atoms with Gasteiger partial charge in [-0.2, -0.15) is 0 Å². The molecule has 0 bridgehead atoms. The van der Waals surface area contributed by atoms with Crippen molar-refractivity contribution < 1.29 is 19.4 Å².